The van der Waals surface area contributed by atoms with Gasteiger partial charge in [0, 0.05) is 64.7 Å². The van der Waals surface area contributed by atoms with Crippen molar-refractivity contribution < 1.29 is 13.2 Å². The summed E-state index contributed by atoms with van der Waals surface area (Å²) in [5.41, 5.74) is 1.44. The SMILES string of the molecule is CCc1c(C)c2c3c(C(F)(F)F)cc(=O)[nH]c3ccc2n1CCCCCCCCCN1CCSCC1. The van der Waals surface area contributed by atoms with Crippen molar-refractivity contribution in [2.45, 2.75) is 77.9 Å². The van der Waals surface area contributed by atoms with E-state index in [0.29, 0.717) is 11.5 Å². The highest BCUT2D eigenvalue weighted by atomic mass is 32.2. The van der Waals surface area contributed by atoms with Crippen LogP contribution >= 0.6 is 11.8 Å². The Bertz CT molecular complexity index is 1220. The van der Waals surface area contributed by atoms with Gasteiger partial charge in [0.25, 0.3) is 0 Å². The molecule has 1 aromatic carbocycles. The lowest BCUT2D eigenvalue weighted by atomic mass is 10.0. The first-order valence-electron chi connectivity index (χ1n) is 13.4. The highest BCUT2D eigenvalue weighted by Gasteiger charge is 2.34. The van der Waals surface area contributed by atoms with E-state index in [0.717, 1.165) is 42.6 Å². The number of nitrogens with one attached hydrogen (secondary N) is 1. The summed E-state index contributed by atoms with van der Waals surface area (Å²) in [5, 5.41) is 0.717. The van der Waals surface area contributed by atoms with Crippen LogP contribution in [0.1, 0.15) is 68.7 Å². The number of nitrogens with zero attached hydrogens (tertiary/aromatic N) is 2. The van der Waals surface area contributed by atoms with Crippen LogP contribution < -0.4 is 5.56 Å². The van der Waals surface area contributed by atoms with Gasteiger partial charge in [0.05, 0.1) is 5.56 Å². The lowest BCUT2D eigenvalue weighted by Crippen LogP contribution is -2.33. The molecule has 0 atom stereocenters. The third kappa shape index (κ3) is 6.13. The number of unbranched alkanes of at least 4 members (excludes halogenated alkanes) is 6. The smallest absolute Gasteiger partial charge is 0.344 e. The molecule has 3 aromatic rings. The predicted molar refractivity (Wildman–Crippen MR) is 145 cm³/mol. The number of alkyl halides is 3. The minimum absolute atomic E-state index is 0.105. The van der Waals surface area contributed by atoms with Gasteiger partial charge < -0.3 is 14.5 Å². The third-order valence-electron chi connectivity index (χ3n) is 7.51. The van der Waals surface area contributed by atoms with Gasteiger partial charge in [0.2, 0.25) is 5.56 Å². The largest absolute Gasteiger partial charge is 0.417 e. The number of aromatic nitrogens is 2. The van der Waals surface area contributed by atoms with Crippen molar-refractivity contribution in [1.82, 2.24) is 14.5 Å². The van der Waals surface area contributed by atoms with Crippen LogP contribution in [0.5, 0.6) is 0 Å². The third-order valence-corrected chi connectivity index (χ3v) is 8.45. The lowest BCUT2D eigenvalue weighted by Gasteiger charge is -2.25. The molecule has 0 radical (unpaired) electrons. The average Bonchev–Trinajstić information content (AvgIpc) is 3.13. The molecule has 1 saturated heterocycles. The van der Waals surface area contributed by atoms with Crippen molar-refractivity contribution >= 4 is 33.6 Å². The number of thioether (sulfide) groups is 1. The molecule has 36 heavy (non-hydrogen) atoms. The molecule has 4 rings (SSSR count). The molecule has 1 aliphatic rings. The van der Waals surface area contributed by atoms with Crippen LogP contribution in [-0.4, -0.2) is 45.6 Å². The van der Waals surface area contributed by atoms with E-state index in [1.54, 1.807) is 6.07 Å². The molecular formula is C28H38F3N3OS. The van der Waals surface area contributed by atoms with Crippen LogP contribution in [-0.2, 0) is 19.1 Å². The van der Waals surface area contributed by atoms with Crippen molar-refractivity contribution in [2.24, 2.45) is 0 Å². The Labute approximate surface area is 215 Å². The van der Waals surface area contributed by atoms with E-state index in [1.165, 1.54) is 63.2 Å². The maximum Gasteiger partial charge on any atom is 0.417 e. The first kappa shape index (κ1) is 27.1. The second kappa shape index (κ2) is 12.1. The average molecular weight is 522 g/mol. The Morgan fingerprint density at radius 2 is 1.58 bits per heavy atom. The number of halogens is 3. The van der Waals surface area contributed by atoms with Crippen molar-refractivity contribution in [3.8, 4) is 0 Å². The number of pyridine rings is 1. The standard InChI is InChI=1S/C28H38F3N3OS/c1-3-23-20(2)26-24(12-11-22-27(26)21(28(29,30)31)19-25(35)32-22)34(23)14-10-8-6-4-5-7-9-13-33-15-17-36-18-16-33/h11-12,19H,3-10,13-18H2,1-2H3,(H,32,35). The topological polar surface area (TPSA) is 41.0 Å². The summed E-state index contributed by atoms with van der Waals surface area (Å²) in [5.74, 6) is 2.55. The van der Waals surface area contributed by atoms with Crippen LogP contribution in [0.2, 0.25) is 0 Å². The molecule has 4 nitrogen and oxygen atoms in total. The van der Waals surface area contributed by atoms with E-state index < -0.39 is 17.3 Å². The summed E-state index contributed by atoms with van der Waals surface area (Å²) in [6.45, 7) is 8.47. The molecule has 8 heteroatoms. The molecule has 0 unspecified atom stereocenters. The molecule has 1 fully saturated rings. The predicted octanol–water partition coefficient (Wildman–Crippen LogP) is 7.15. The van der Waals surface area contributed by atoms with Gasteiger partial charge >= 0.3 is 6.18 Å². The summed E-state index contributed by atoms with van der Waals surface area (Å²) in [7, 11) is 0. The zero-order valence-corrected chi connectivity index (χ0v) is 22.3. The molecule has 3 heterocycles. The number of hydrogen-bond donors (Lipinski definition) is 1. The monoisotopic (exact) mass is 521 g/mol. The normalized spacial score (nSPS) is 15.4. The first-order valence-corrected chi connectivity index (χ1v) is 14.5. The fourth-order valence-electron chi connectivity index (χ4n) is 5.69. The molecule has 1 N–H and O–H groups in total. The Kier molecular flexibility index (Phi) is 9.10. The molecule has 0 amide bonds. The number of H-pyrrole nitrogens is 1. The molecule has 1 aliphatic heterocycles. The van der Waals surface area contributed by atoms with Crippen LogP contribution in [0.25, 0.3) is 21.8 Å². The van der Waals surface area contributed by atoms with Crippen molar-refractivity contribution in [2.75, 3.05) is 31.1 Å². The first-order chi connectivity index (χ1) is 17.3. The van der Waals surface area contributed by atoms with Gasteiger partial charge in [0.15, 0.2) is 0 Å². The number of fused-ring (bicyclic) bond motifs is 3. The van der Waals surface area contributed by atoms with Gasteiger partial charge in [-0.2, -0.15) is 24.9 Å². The van der Waals surface area contributed by atoms with Crippen LogP contribution in [0.3, 0.4) is 0 Å². The van der Waals surface area contributed by atoms with Crippen LogP contribution in [0, 0.1) is 6.92 Å². The molecule has 2 aromatic heterocycles. The lowest BCUT2D eigenvalue weighted by molar-refractivity contribution is -0.136. The number of hydrogen-bond acceptors (Lipinski definition) is 3. The van der Waals surface area contributed by atoms with E-state index in [2.05, 4.69) is 33.1 Å². The fourth-order valence-corrected chi connectivity index (χ4v) is 6.67. The molecular weight excluding hydrogens is 483 g/mol. The van der Waals surface area contributed by atoms with Gasteiger partial charge in [-0.05, 0) is 50.4 Å². The van der Waals surface area contributed by atoms with Gasteiger partial charge in [-0.25, -0.2) is 0 Å². The summed E-state index contributed by atoms with van der Waals surface area (Å²) in [6, 6.07) is 4.17. The molecule has 0 spiro atoms. The number of aromatic amines is 1. The van der Waals surface area contributed by atoms with Gasteiger partial charge in [-0.1, -0.05) is 39.0 Å². The molecule has 198 valence electrons. The number of rotatable bonds is 11. The summed E-state index contributed by atoms with van der Waals surface area (Å²) < 4.78 is 43.8. The highest BCUT2D eigenvalue weighted by Crippen LogP contribution is 2.39. The Hall–Kier alpha value is -1.93. The maximum absolute atomic E-state index is 13.9. The molecule has 0 bridgehead atoms. The van der Waals surface area contributed by atoms with Crippen LogP contribution in [0.4, 0.5) is 13.2 Å². The Balaban J connectivity index is 1.39. The Morgan fingerprint density at radius 1 is 0.944 bits per heavy atom. The Morgan fingerprint density at radius 3 is 2.22 bits per heavy atom. The maximum atomic E-state index is 13.9. The quantitative estimate of drug-likeness (QED) is 0.272. The summed E-state index contributed by atoms with van der Waals surface area (Å²) >= 11 is 2.06. The van der Waals surface area contributed by atoms with Gasteiger partial charge in [-0.15, -0.1) is 0 Å². The van der Waals surface area contributed by atoms with Gasteiger partial charge in [-0.3, -0.25) is 4.79 Å². The van der Waals surface area contributed by atoms with Crippen molar-refractivity contribution in [3.05, 3.63) is 45.4 Å². The number of aryl methyl sites for hydroxylation is 2. The van der Waals surface area contributed by atoms with Gasteiger partial charge in [0.1, 0.15) is 0 Å². The minimum Gasteiger partial charge on any atom is -0.344 e. The van der Waals surface area contributed by atoms with Crippen molar-refractivity contribution in [1.29, 1.82) is 0 Å². The summed E-state index contributed by atoms with van der Waals surface area (Å²) in [6.07, 6.45) is 4.60. The molecule has 0 aliphatic carbocycles. The minimum atomic E-state index is -4.59. The highest BCUT2D eigenvalue weighted by molar-refractivity contribution is 7.99. The van der Waals surface area contributed by atoms with E-state index in [4.69, 9.17) is 0 Å². The van der Waals surface area contributed by atoms with E-state index in [9.17, 15) is 18.0 Å². The van der Waals surface area contributed by atoms with E-state index >= 15 is 0 Å². The second-order valence-electron chi connectivity index (χ2n) is 9.93. The second-order valence-corrected chi connectivity index (χ2v) is 11.2. The zero-order chi connectivity index (χ0) is 25.7. The van der Waals surface area contributed by atoms with Crippen molar-refractivity contribution in [3.63, 3.8) is 0 Å². The summed E-state index contributed by atoms with van der Waals surface area (Å²) in [4.78, 5) is 17.1. The number of benzene rings is 1. The molecule has 0 saturated carbocycles. The fraction of sp³-hybridized carbons (Fsp3) is 0.607. The van der Waals surface area contributed by atoms with Crippen LogP contribution in [0.15, 0.2) is 23.0 Å². The van der Waals surface area contributed by atoms with E-state index in [-0.39, 0.29) is 10.9 Å². The zero-order valence-electron chi connectivity index (χ0n) is 21.5. The van der Waals surface area contributed by atoms with E-state index in [1.807, 2.05) is 13.0 Å².